The molecule has 0 saturated carbocycles. The molecule has 0 spiro atoms. The van der Waals surface area contributed by atoms with Crippen molar-refractivity contribution in [3.05, 3.63) is 24.3 Å². The minimum Gasteiger partial charge on any atom is -0.491 e. The Hall–Kier alpha value is -2.77. The van der Waals surface area contributed by atoms with Gasteiger partial charge in [0.05, 0.1) is 18.7 Å². The maximum atomic E-state index is 11.3. The van der Waals surface area contributed by atoms with Gasteiger partial charge < -0.3 is 20.9 Å². The fourth-order valence-electron chi connectivity index (χ4n) is 1.25. The van der Waals surface area contributed by atoms with Crippen molar-refractivity contribution in [3.63, 3.8) is 0 Å². The van der Waals surface area contributed by atoms with Crippen molar-refractivity contribution >= 4 is 23.6 Å². The molecule has 0 radical (unpaired) electrons. The first-order valence-corrected chi connectivity index (χ1v) is 5.71. The maximum Gasteiger partial charge on any atom is 0.318 e. The van der Waals surface area contributed by atoms with E-state index in [4.69, 9.17) is 16.2 Å². The van der Waals surface area contributed by atoms with E-state index >= 15 is 0 Å². The topological polar surface area (TPSA) is 134 Å². The van der Waals surface area contributed by atoms with Crippen molar-refractivity contribution in [1.29, 1.82) is 0 Å². The van der Waals surface area contributed by atoms with Crippen LogP contribution in [0.1, 0.15) is 6.42 Å². The van der Waals surface area contributed by atoms with Gasteiger partial charge in [0, 0.05) is 0 Å². The third-order valence-corrected chi connectivity index (χ3v) is 2.11. The molecular formula is C12H15N3O5. The average Bonchev–Trinajstić information content (AvgIpc) is 2.38. The highest BCUT2D eigenvalue weighted by Crippen LogP contribution is 2.19. The number of carbonyl (C=O) groups is 3. The molecule has 0 bridgehead atoms. The minimum absolute atomic E-state index is 0.0574. The Labute approximate surface area is 115 Å². The number of esters is 1. The van der Waals surface area contributed by atoms with Crippen LogP contribution in [0.3, 0.4) is 0 Å². The fraction of sp³-hybridized carbons (Fsp3) is 0.250. The van der Waals surface area contributed by atoms with E-state index in [1.165, 1.54) is 0 Å². The first kappa shape index (κ1) is 15.3. The van der Waals surface area contributed by atoms with E-state index in [2.05, 4.69) is 4.74 Å². The number of anilines is 1. The second-order valence-electron chi connectivity index (χ2n) is 3.71. The van der Waals surface area contributed by atoms with E-state index in [1.807, 2.05) is 0 Å². The lowest BCUT2D eigenvalue weighted by Gasteiger charge is -2.08. The highest BCUT2D eigenvalue weighted by atomic mass is 16.5. The summed E-state index contributed by atoms with van der Waals surface area (Å²) in [6, 6.07) is 5.84. The summed E-state index contributed by atoms with van der Waals surface area (Å²) in [5.41, 5.74) is 10.8. The van der Waals surface area contributed by atoms with E-state index < -0.39 is 24.5 Å². The third kappa shape index (κ3) is 5.71. The SMILES string of the molecule is NC(=O)NC(=O)COC(=O)CCOc1ccccc1N. The Bertz CT molecular complexity index is 504. The molecule has 0 aromatic heterocycles. The summed E-state index contributed by atoms with van der Waals surface area (Å²) in [5.74, 6) is -0.968. The highest BCUT2D eigenvalue weighted by molar-refractivity contribution is 5.94. The van der Waals surface area contributed by atoms with Gasteiger partial charge in [0.1, 0.15) is 5.75 Å². The molecule has 0 unspecified atom stereocenters. The van der Waals surface area contributed by atoms with Gasteiger partial charge in [-0.2, -0.15) is 0 Å². The van der Waals surface area contributed by atoms with Gasteiger partial charge in [-0.1, -0.05) is 12.1 Å². The molecule has 0 heterocycles. The van der Waals surface area contributed by atoms with Crippen LogP contribution in [0.15, 0.2) is 24.3 Å². The summed E-state index contributed by atoms with van der Waals surface area (Å²) in [5, 5.41) is 1.76. The lowest BCUT2D eigenvalue weighted by molar-refractivity contribution is -0.148. The fourth-order valence-corrected chi connectivity index (χ4v) is 1.25. The average molecular weight is 281 g/mol. The predicted molar refractivity (Wildman–Crippen MR) is 69.7 cm³/mol. The molecule has 8 heteroatoms. The van der Waals surface area contributed by atoms with Gasteiger partial charge in [-0.15, -0.1) is 0 Å². The molecule has 0 aliphatic rings. The lowest BCUT2D eigenvalue weighted by atomic mass is 10.3. The second-order valence-corrected chi connectivity index (χ2v) is 3.71. The van der Waals surface area contributed by atoms with Crippen LogP contribution in [0.5, 0.6) is 5.75 Å². The van der Waals surface area contributed by atoms with Crippen LogP contribution < -0.4 is 21.5 Å². The molecule has 5 N–H and O–H groups in total. The van der Waals surface area contributed by atoms with Crippen molar-refractivity contribution < 1.29 is 23.9 Å². The largest absolute Gasteiger partial charge is 0.491 e. The molecule has 0 fully saturated rings. The molecular weight excluding hydrogens is 266 g/mol. The van der Waals surface area contributed by atoms with Gasteiger partial charge in [-0.05, 0) is 12.1 Å². The van der Waals surface area contributed by atoms with Crippen molar-refractivity contribution in [3.8, 4) is 5.75 Å². The number of ether oxygens (including phenoxy) is 2. The van der Waals surface area contributed by atoms with Gasteiger partial charge >= 0.3 is 12.0 Å². The van der Waals surface area contributed by atoms with Gasteiger partial charge in [0.2, 0.25) is 0 Å². The van der Waals surface area contributed by atoms with Crippen LogP contribution in [-0.4, -0.2) is 31.1 Å². The Morgan fingerprint density at radius 2 is 1.90 bits per heavy atom. The van der Waals surface area contributed by atoms with Crippen LogP contribution in [0.2, 0.25) is 0 Å². The number of hydrogen-bond acceptors (Lipinski definition) is 6. The van der Waals surface area contributed by atoms with Gasteiger partial charge in [0.25, 0.3) is 5.91 Å². The molecule has 8 nitrogen and oxygen atoms in total. The molecule has 1 aromatic carbocycles. The number of hydrogen-bond donors (Lipinski definition) is 3. The molecule has 108 valence electrons. The second kappa shape index (κ2) is 7.62. The van der Waals surface area contributed by atoms with E-state index in [9.17, 15) is 14.4 Å². The molecule has 0 aliphatic carbocycles. The van der Waals surface area contributed by atoms with Crippen molar-refractivity contribution in [2.24, 2.45) is 5.73 Å². The summed E-state index contributed by atoms with van der Waals surface area (Å²) in [6.07, 6.45) is -0.0574. The number of para-hydroxylation sites is 2. The summed E-state index contributed by atoms with van der Waals surface area (Å²) < 4.78 is 9.88. The number of primary amides is 1. The highest BCUT2D eigenvalue weighted by Gasteiger charge is 2.09. The van der Waals surface area contributed by atoms with Crippen LogP contribution in [0, 0.1) is 0 Å². The van der Waals surface area contributed by atoms with E-state index in [1.54, 1.807) is 29.6 Å². The van der Waals surface area contributed by atoms with Crippen LogP contribution in [0.4, 0.5) is 10.5 Å². The molecule has 0 aliphatic heterocycles. The number of nitrogens with two attached hydrogens (primary N) is 2. The Morgan fingerprint density at radius 1 is 1.20 bits per heavy atom. The lowest BCUT2D eigenvalue weighted by Crippen LogP contribution is -2.37. The molecule has 0 atom stereocenters. The number of benzene rings is 1. The Kier molecular flexibility index (Phi) is 5.82. The normalized spacial score (nSPS) is 9.60. The minimum atomic E-state index is -1.01. The first-order chi connectivity index (χ1) is 9.49. The number of imide groups is 1. The van der Waals surface area contributed by atoms with E-state index in [0.29, 0.717) is 11.4 Å². The number of rotatable bonds is 6. The van der Waals surface area contributed by atoms with Crippen LogP contribution >= 0.6 is 0 Å². The summed E-state index contributed by atoms with van der Waals surface area (Å²) in [7, 11) is 0. The third-order valence-electron chi connectivity index (χ3n) is 2.11. The predicted octanol–water partition coefficient (Wildman–Crippen LogP) is -0.224. The summed E-state index contributed by atoms with van der Waals surface area (Å²) >= 11 is 0. The van der Waals surface area contributed by atoms with Gasteiger partial charge in [-0.3, -0.25) is 14.9 Å². The standard InChI is InChI=1S/C12H15N3O5/c13-8-3-1-2-4-9(8)19-6-5-11(17)20-7-10(16)15-12(14)18/h1-4H,5-7,13H2,(H3,14,15,16,18). The number of nitrogens with one attached hydrogen (secondary N) is 1. The van der Waals surface area contributed by atoms with Gasteiger partial charge in [0.15, 0.2) is 6.61 Å². The van der Waals surface area contributed by atoms with Gasteiger partial charge in [-0.25, -0.2) is 4.79 Å². The monoisotopic (exact) mass is 281 g/mol. The van der Waals surface area contributed by atoms with E-state index in [0.717, 1.165) is 0 Å². The summed E-state index contributed by atoms with van der Waals surface area (Å²) in [6.45, 7) is -0.514. The summed E-state index contributed by atoms with van der Waals surface area (Å²) in [4.78, 5) is 32.6. The zero-order valence-electron chi connectivity index (χ0n) is 10.6. The zero-order valence-corrected chi connectivity index (χ0v) is 10.6. The zero-order chi connectivity index (χ0) is 15.0. The quantitative estimate of drug-likeness (QED) is 0.487. The molecule has 1 rings (SSSR count). The smallest absolute Gasteiger partial charge is 0.318 e. The molecule has 0 saturated heterocycles. The number of carbonyl (C=O) groups excluding carboxylic acids is 3. The Balaban J connectivity index is 2.22. The number of amides is 3. The molecule has 20 heavy (non-hydrogen) atoms. The van der Waals surface area contributed by atoms with Crippen LogP contribution in [-0.2, 0) is 14.3 Å². The van der Waals surface area contributed by atoms with Crippen molar-refractivity contribution in [2.75, 3.05) is 18.9 Å². The number of nitrogen functional groups attached to an aromatic ring is 1. The number of urea groups is 1. The molecule has 3 amide bonds. The molecule has 1 aromatic rings. The van der Waals surface area contributed by atoms with Crippen molar-refractivity contribution in [1.82, 2.24) is 5.32 Å². The maximum absolute atomic E-state index is 11.3. The van der Waals surface area contributed by atoms with Crippen molar-refractivity contribution in [2.45, 2.75) is 6.42 Å². The van der Waals surface area contributed by atoms with Crippen LogP contribution in [0.25, 0.3) is 0 Å². The van der Waals surface area contributed by atoms with E-state index in [-0.39, 0.29) is 13.0 Å². The first-order valence-electron chi connectivity index (χ1n) is 5.71. The Morgan fingerprint density at radius 3 is 2.55 bits per heavy atom.